The largest absolute Gasteiger partial charge is 0.451 e. The molecule has 1 unspecified atom stereocenters. The molecule has 5 nitrogen and oxygen atoms in total. The highest BCUT2D eigenvalue weighted by Gasteiger charge is 2.22. The Morgan fingerprint density at radius 2 is 2.28 bits per heavy atom. The van der Waals surface area contributed by atoms with Gasteiger partial charge >= 0.3 is 0 Å². The molecule has 18 heavy (non-hydrogen) atoms. The van der Waals surface area contributed by atoms with E-state index in [1.54, 1.807) is 30.1 Å². The van der Waals surface area contributed by atoms with Gasteiger partial charge in [-0.05, 0) is 44.0 Å². The number of rotatable bonds is 5. The zero-order valence-corrected chi connectivity index (χ0v) is 12.8. The summed E-state index contributed by atoms with van der Waals surface area (Å²) in [5.41, 5.74) is 0.647. The predicted molar refractivity (Wildman–Crippen MR) is 72.3 cm³/mol. The van der Waals surface area contributed by atoms with Crippen molar-refractivity contribution in [1.29, 1.82) is 0 Å². The Labute approximate surface area is 121 Å². The SMILES string of the molecule is COCCn1ncc(Br)c1C(O)c1ccc(Br)o1. The van der Waals surface area contributed by atoms with Crippen LogP contribution in [-0.2, 0) is 11.3 Å². The summed E-state index contributed by atoms with van der Waals surface area (Å²) >= 11 is 6.59. The van der Waals surface area contributed by atoms with E-state index in [2.05, 4.69) is 37.0 Å². The first kappa shape index (κ1) is 13.8. The zero-order valence-electron chi connectivity index (χ0n) is 9.64. The minimum Gasteiger partial charge on any atom is -0.451 e. The van der Waals surface area contributed by atoms with Gasteiger partial charge in [0.05, 0.1) is 29.5 Å². The summed E-state index contributed by atoms with van der Waals surface area (Å²) in [5, 5.41) is 14.5. The van der Waals surface area contributed by atoms with Crippen LogP contribution in [0.2, 0.25) is 0 Å². The third-order valence-corrected chi connectivity index (χ3v) is 3.50. The van der Waals surface area contributed by atoms with Gasteiger partial charge in [0, 0.05) is 7.11 Å². The van der Waals surface area contributed by atoms with Gasteiger partial charge in [0.15, 0.2) is 10.8 Å². The molecule has 1 N–H and O–H groups in total. The number of nitrogens with zero attached hydrogens (tertiary/aromatic N) is 2. The molecule has 0 aliphatic heterocycles. The molecule has 2 rings (SSSR count). The van der Waals surface area contributed by atoms with Crippen LogP contribution in [0.5, 0.6) is 0 Å². The number of aliphatic hydroxyl groups excluding tert-OH is 1. The van der Waals surface area contributed by atoms with Crippen LogP contribution >= 0.6 is 31.9 Å². The van der Waals surface area contributed by atoms with Crippen LogP contribution in [0.25, 0.3) is 0 Å². The van der Waals surface area contributed by atoms with E-state index in [4.69, 9.17) is 9.15 Å². The van der Waals surface area contributed by atoms with Crippen LogP contribution < -0.4 is 0 Å². The van der Waals surface area contributed by atoms with Gasteiger partial charge in [0.2, 0.25) is 0 Å². The molecule has 0 saturated carbocycles. The summed E-state index contributed by atoms with van der Waals surface area (Å²) < 4.78 is 13.4. The van der Waals surface area contributed by atoms with Crippen molar-refractivity contribution >= 4 is 31.9 Å². The number of halogens is 2. The average molecular weight is 380 g/mol. The number of methoxy groups -OCH3 is 1. The molecular formula is C11H12Br2N2O3. The van der Waals surface area contributed by atoms with Crippen molar-refractivity contribution in [2.24, 2.45) is 0 Å². The van der Waals surface area contributed by atoms with Gasteiger partial charge in [-0.15, -0.1) is 0 Å². The molecular weight excluding hydrogens is 368 g/mol. The third-order valence-electron chi connectivity index (χ3n) is 2.46. The van der Waals surface area contributed by atoms with Crippen molar-refractivity contribution in [1.82, 2.24) is 9.78 Å². The van der Waals surface area contributed by atoms with E-state index in [1.165, 1.54) is 0 Å². The number of aliphatic hydroxyl groups is 1. The van der Waals surface area contributed by atoms with E-state index in [0.717, 1.165) is 4.47 Å². The van der Waals surface area contributed by atoms with E-state index in [-0.39, 0.29) is 0 Å². The molecule has 0 saturated heterocycles. The fourth-order valence-electron chi connectivity index (χ4n) is 1.61. The molecule has 0 radical (unpaired) electrons. The Bertz CT molecular complexity index is 524. The minimum atomic E-state index is -0.870. The highest BCUT2D eigenvalue weighted by molar-refractivity contribution is 9.10. The first-order chi connectivity index (χ1) is 8.63. The number of furan rings is 1. The molecule has 0 amide bonds. The van der Waals surface area contributed by atoms with Crippen LogP contribution in [0.1, 0.15) is 17.6 Å². The Kier molecular flexibility index (Phi) is 4.60. The second-order valence-electron chi connectivity index (χ2n) is 3.64. The normalized spacial score (nSPS) is 12.9. The van der Waals surface area contributed by atoms with Crippen molar-refractivity contribution in [2.45, 2.75) is 12.6 Å². The van der Waals surface area contributed by atoms with E-state index >= 15 is 0 Å². The van der Waals surface area contributed by atoms with Crippen LogP contribution in [0.15, 0.2) is 31.9 Å². The summed E-state index contributed by atoms with van der Waals surface area (Å²) in [6.07, 6.45) is 0.775. The number of ether oxygens (including phenoxy) is 1. The van der Waals surface area contributed by atoms with Crippen molar-refractivity contribution in [3.63, 3.8) is 0 Å². The van der Waals surface area contributed by atoms with Crippen molar-refractivity contribution in [2.75, 3.05) is 13.7 Å². The van der Waals surface area contributed by atoms with Gasteiger partial charge in [-0.2, -0.15) is 5.10 Å². The van der Waals surface area contributed by atoms with Crippen molar-refractivity contribution in [3.05, 3.63) is 38.9 Å². The van der Waals surface area contributed by atoms with Gasteiger partial charge in [0.25, 0.3) is 0 Å². The summed E-state index contributed by atoms with van der Waals surface area (Å²) in [5.74, 6) is 0.460. The van der Waals surface area contributed by atoms with Gasteiger partial charge in [-0.1, -0.05) is 0 Å². The first-order valence-electron chi connectivity index (χ1n) is 5.27. The minimum absolute atomic E-state index is 0.460. The van der Waals surface area contributed by atoms with Crippen LogP contribution in [-0.4, -0.2) is 28.6 Å². The van der Waals surface area contributed by atoms with Crippen molar-refractivity contribution < 1.29 is 14.3 Å². The molecule has 2 aromatic heterocycles. The summed E-state index contributed by atoms with van der Waals surface area (Å²) in [4.78, 5) is 0. The maximum Gasteiger partial charge on any atom is 0.169 e. The highest BCUT2D eigenvalue weighted by atomic mass is 79.9. The monoisotopic (exact) mass is 378 g/mol. The Morgan fingerprint density at radius 3 is 2.89 bits per heavy atom. The second-order valence-corrected chi connectivity index (χ2v) is 5.27. The molecule has 2 heterocycles. The highest BCUT2D eigenvalue weighted by Crippen LogP contribution is 2.30. The van der Waals surface area contributed by atoms with Crippen LogP contribution in [0.3, 0.4) is 0 Å². The third kappa shape index (κ3) is 2.85. The maximum absolute atomic E-state index is 10.3. The fourth-order valence-corrected chi connectivity index (χ4v) is 2.44. The molecule has 0 aliphatic carbocycles. The first-order valence-corrected chi connectivity index (χ1v) is 6.85. The Hall–Kier alpha value is -0.630. The molecule has 0 spiro atoms. The van der Waals surface area contributed by atoms with Crippen LogP contribution in [0, 0.1) is 0 Å². The summed E-state index contributed by atoms with van der Waals surface area (Å²) in [7, 11) is 1.62. The summed E-state index contributed by atoms with van der Waals surface area (Å²) in [6.45, 7) is 1.09. The lowest BCUT2D eigenvalue weighted by molar-refractivity contribution is 0.159. The molecule has 7 heteroatoms. The predicted octanol–water partition coefficient (Wildman–Crippen LogP) is 2.73. The maximum atomic E-state index is 10.3. The number of hydrogen-bond donors (Lipinski definition) is 1. The fraction of sp³-hybridized carbons (Fsp3) is 0.364. The number of aromatic nitrogens is 2. The molecule has 98 valence electrons. The Morgan fingerprint density at radius 1 is 1.50 bits per heavy atom. The van der Waals surface area contributed by atoms with Crippen molar-refractivity contribution in [3.8, 4) is 0 Å². The van der Waals surface area contributed by atoms with E-state index in [1.807, 2.05) is 0 Å². The van der Waals surface area contributed by atoms with Gasteiger partial charge in [0.1, 0.15) is 5.76 Å². The smallest absolute Gasteiger partial charge is 0.169 e. The standard InChI is InChI=1S/C11H12Br2N2O3/c1-17-5-4-15-10(7(12)6-14-15)11(16)8-2-3-9(13)18-8/h2-3,6,11,16H,4-5H2,1H3. The lowest BCUT2D eigenvalue weighted by Gasteiger charge is -2.12. The van der Waals surface area contributed by atoms with E-state index in [9.17, 15) is 5.11 Å². The molecule has 0 aromatic carbocycles. The van der Waals surface area contributed by atoms with E-state index in [0.29, 0.717) is 29.3 Å². The Balaban J connectivity index is 2.28. The molecule has 0 bridgehead atoms. The van der Waals surface area contributed by atoms with Gasteiger partial charge < -0.3 is 14.3 Å². The topological polar surface area (TPSA) is 60.4 Å². The second kappa shape index (κ2) is 6.01. The zero-order chi connectivity index (χ0) is 13.1. The average Bonchev–Trinajstić information content (AvgIpc) is 2.92. The van der Waals surface area contributed by atoms with Crippen LogP contribution in [0.4, 0.5) is 0 Å². The quantitative estimate of drug-likeness (QED) is 0.867. The summed E-state index contributed by atoms with van der Waals surface area (Å²) in [6, 6.07) is 3.46. The lowest BCUT2D eigenvalue weighted by Crippen LogP contribution is -2.13. The number of hydrogen-bond acceptors (Lipinski definition) is 4. The lowest BCUT2D eigenvalue weighted by atomic mass is 10.2. The molecule has 2 aromatic rings. The van der Waals surface area contributed by atoms with E-state index < -0.39 is 6.10 Å². The van der Waals surface area contributed by atoms with Gasteiger partial charge in [-0.25, -0.2) is 0 Å². The van der Waals surface area contributed by atoms with Gasteiger partial charge in [-0.3, -0.25) is 4.68 Å². The molecule has 1 atom stereocenters. The molecule has 0 fully saturated rings. The molecule has 0 aliphatic rings.